The SMILES string of the molecule is C[C@H](C(=O)N1CC[NH+](C)CC1)[C@H]1CC[C@@]2(C)Cc3sc(NCc4ccccc4)nc3[C@@H](C)[C@@H]2[C@H]1O. The van der Waals surface area contributed by atoms with Gasteiger partial charge >= 0.3 is 0 Å². The molecule has 3 aliphatic rings. The summed E-state index contributed by atoms with van der Waals surface area (Å²) in [6, 6.07) is 10.4. The van der Waals surface area contributed by atoms with Crippen molar-refractivity contribution in [1.29, 1.82) is 0 Å². The van der Waals surface area contributed by atoms with Crippen molar-refractivity contribution < 1.29 is 14.8 Å². The van der Waals surface area contributed by atoms with Crippen LogP contribution >= 0.6 is 11.3 Å². The zero-order valence-electron chi connectivity index (χ0n) is 21.6. The molecule has 5 rings (SSSR count). The number of quaternary nitrogens is 1. The number of aromatic nitrogens is 1. The summed E-state index contributed by atoms with van der Waals surface area (Å²) >= 11 is 1.78. The minimum absolute atomic E-state index is 0.0193. The number of amides is 1. The molecule has 0 unspecified atom stereocenters. The molecule has 1 saturated carbocycles. The second-order valence-corrected chi connectivity index (χ2v) is 12.7. The van der Waals surface area contributed by atoms with E-state index in [0.717, 1.165) is 62.8 Å². The van der Waals surface area contributed by atoms with Crippen LogP contribution in [0.25, 0.3) is 0 Å². The van der Waals surface area contributed by atoms with Crippen molar-refractivity contribution in [3.63, 3.8) is 0 Å². The second kappa shape index (κ2) is 9.83. The highest BCUT2D eigenvalue weighted by Crippen LogP contribution is 2.57. The van der Waals surface area contributed by atoms with Gasteiger partial charge in [-0.05, 0) is 42.1 Å². The fourth-order valence-electron chi connectivity index (χ4n) is 6.98. The van der Waals surface area contributed by atoms with Gasteiger partial charge in [-0.1, -0.05) is 51.1 Å². The third kappa shape index (κ3) is 4.75. The van der Waals surface area contributed by atoms with Crippen LogP contribution in [0.4, 0.5) is 5.13 Å². The van der Waals surface area contributed by atoms with Crippen LogP contribution in [0.3, 0.4) is 0 Å². The number of nitrogens with zero attached hydrogens (tertiary/aromatic N) is 2. The average molecular weight is 498 g/mol. The number of benzene rings is 1. The Bertz CT molecular complexity index is 1030. The maximum absolute atomic E-state index is 13.3. The van der Waals surface area contributed by atoms with Gasteiger partial charge < -0.3 is 20.2 Å². The number of likely N-dealkylation sites (N-methyl/N-ethyl adjacent to an activating group) is 1. The molecule has 2 heterocycles. The molecular formula is C28H41N4O2S+. The average Bonchev–Trinajstić information content (AvgIpc) is 3.25. The maximum atomic E-state index is 13.3. The Morgan fingerprint density at radius 2 is 2.03 bits per heavy atom. The molecule has 6 nitrogen and oxygen atoms in total. The van der Waals surface area contributed by atoms with Crippen LogP contribution < -0.4 is 10.2 Å². The van der Waals surface area contributed by atoms with Crippen LogP contribution in [0.2, 0.25) is 0 Å². The number of piperazine rings is 1. The van der Waals surface area contributed by atoms with Crippen molar-refractivity contribution in [1.82, 2.24) is 9.88 Å². The van der Waals surface area contributed by atoms with Gasteiger partial charge in [0.2, 0.25) is 5.91 Å². The zero-order chi connectivity index (χ0) is 24.7. The van der Waals surface area contributed by atoms with Gasteiger partial charge in [-0.2, -0.15) is 0 Å². The molecule has 3 N–H and O–H groups in total. The number of carbonyl (C=O) groups excluding carboxylic acids is 1. The Morgan fingerprint density at radius 3 is 2.74 bits per heavy atom. The normalized spacial score (nSPS) is 32.0. The van der Waals surface area contributed by atoms with E-state index in [2.05, 4.69) is 57.4 Å². The lowest BCUT2D eigenvalue weighted by molar-refractivity contribution is -0.883. The lowest BCUT2D eigenvalue weighted by Gasteiger charge is -2.53. The summed E-state index contributed by atoms with van der Waals surface area (Å²) in [6.07, 6.45) is 2.46. The van der Waals surface area contributed by atoms with E-state index in [1.165, 1.54) is 15.3 Å². The summed E-state index contributed by atoms with van der Waals surface area (Å²) in [5, 5.41) is 16.2. The van der Waals surface area contributed by atoms with Crippen molar-refractivity contribution in [2.24, 2.45) is 23.2 Å². The van der Waals surface area contributed by atoms with Gasteiger partial charge in [0.25, 0.3) is 0 Å². The summed E-state index contributed by atoms with van der Waals surface area (Å²) in [5.41, 5.74) is 2.44. The van der Waals surface area contributed by atoms with E-state index >= 15 is 0 Å². The van der Waals surface area contributed by atoms with Crippen LogP contribution in [-0.2, 0) is 17.8 Å². The molecule has 1 amide bonds. The van der Waals surface area contributed by atoms with E-state index in [9.17, 15) is 9.90 Å². The van der Waals surface area contributed by atoms with Gasteiger partial charge in [0.1, 0.15) is 0 Å². The van der Waals surface area contributed by atoms with Gasteiger partial charge in [0, 0.05) is 23.3 Å². The number of thiazole rings is 1. The minimum atomic E-state index is -0.476. The molecule has 6 atom stereocenters. The van der Waals surface area contributed by atoms with Crippen molar-refractivity contribution in [2.45, 2.75) is 58.6 Å². The van der Waals surface area contributed by atoms with Gasteiger partial charge in [-0.15, -0.1) is 11.3 Å². The van der Waals surface area contributed by atoms with Crippen LogP contribution in [0.1, 0.15) is 55.7 Å². The molecule has 1 aliphatic heterocycles. The van der Waals surface area contributed by atoms with Gasteiger partial charge in [0.05, 0.1) is 45.0 Å². The number of hydrogen-bond donors (Lipinski definition) is 3. The number of nitrogens with one attached hydrogen (secondary N) is 2. The molecule has 2 aromatic rings. The highest BCUT2D eigenvalue weighted by atomic mass is 32.1. The van der Waals surface area contributed by atoms with Gasteiger partial charge in [0.15, 0.2) is 5.13 Å². The van der Waals surface area contributed by atoms with Crippen LogP contribution in [-0.4, -0.2) is 60.2 Å². The Morgan fingerprint density at radius 1 is 1.31 bits per heavy atom. The van der Waals surface area contributed by atoms with Crippen molar-refractivity contribution >= 4 is 22.4 Å². The van der Waals surface area contributed by atoms with Gasteiger partial charge in [-0.3, -0.25) is 4.79 Å². The van der Waals surface area contributed by atoms with E-state index in [0.29, 0.717) is 0 Å². The highest BCUT2D eigenvalue weighted by molar-refractivity contribution is 7.15. The fourth-order valence-corrected chi connectivity index (χ4v) is 8.24. The summed E-state index contributed by atoms with van der Waals surface area (Å²) in [7, 11) is 2.19. The van der Waals surface area contributed by atoms with Crippen LogP contribution in [0.5, 0.6) is 0 Å². The molecule has 1 saturated heterocycles. The first kappa shape index (κ1) is 24.7. The van der Waals surface area contributed by atoms with Crippen LogP contribution in [0, 0.1) is 23.2 Å². The monoisotopic (exact) mass is 497 g/mol. The molecule has 2 fully saturated rings. The molecule has 7 heteroatoms. The largest absolute Gasteiger partial charge is 0.392 e. The number of fused-ring (bicyclic) bond motifs is 2. The van der Waals surface area contributed by atoms with E-state index in [4.69, 9.17) is 4.98 Å². The van der Waals surface area contributed by atoms with Crippen LogP contribution in [0.15, 0.2) is 30.3 Å². The number of aliphatic hydroxyl groups is 1. The Labute approximate surface area is 213 Å². The lowest BCUT2D eigenvalue weighted by Crippen LogP contribution is -3.12. The molecule has 1 aromatic carbocycles. The molecule has 35 heavy (non-hydrogen) atoms. The summed E-state index contributed by atoms with van der Waals surface area (Å²) in [5.74, 6) is 0.422. The first-order valence-corrected chi connectivity index (χ1v) is 14.1. The molecular weight excluding hydrogens is 456 g/mol. The van der Waals surface area contributed by atoms with Crippen molar-refractivity contribution in [3.8, 4) is 0 Å². The third-order valence-electron chi connectivity index (χ3n) is 9.17. The Balaban J connectivity index is 1.30. The molecule has 1 aromatic heterocycles. The predicted molar refractivity (Wildman–Crippen MR) is 141 cm³/mol. The smallest absolute Gasteiger partial charge is 0.226 e. The summed E-state index contributed by atoms with van der Waals surface area (Å²) < 4.78 is 0. The number of hydrogen-bond acceptors (Lipinski definition) is 5. The van der Waals surface area contributed by atoms with E-state index in [1.807, 2.05) is 11.0 Å². The molecule has 190 valence electrons. The Kier molecular flexibility index (Phi) is 6.94. The maximum Gasteiger partial charge on any atom is 0.226 e. The standard InChI is InChI=1S/C28H40N4O2S/c1-18(26(34)32-14-12-31(4)13-15-32)21-10-11-28(3)16-22-24(19(2)23(28)25(21)33)30-27(35-22)29-17-20-8-6-5-7-9-20/h5-9,18-19,21,23,25,33H,10-17H2,1-4H3,(H,29,30)/p+1/t18-,19-,21+,23+,25-,28-/m0/s1. The molecule has 0 spiro atoms. The second-order valence-electron chi connectivity index (χ2n) is 11.6. The Hall–Kier alpha value is -1.96. The highest BCUT2D eigenvalue weighted by Gasteiger charge is 2.54. The number of carbonyl (C=O) groups is 1. The molecule has 0 radical (unpaired) electrons. The number of rotatable bonds is 5. The third-order valence-corrected chi connectivity index (χ3v) is 10.2. The quantitative estimate of drug-likeness (QED) is 0.594. The fraction of sp³-hybridized carbons (Fsp3) is 0.643. The first-order valence-electron chi connectivity index (χ1n) is 13.3. The first-order chi connectivity index (χ1) is 16.8. The van der Waals surface area contributed by atoms with E-state index in [-0.39, 0.29) is 35.0 Å². The minimum Gasteiger partial charge on any atom is -0.392 e. The number of anilines is 1. The zero-order valence-corrected chi connectivity index (χ0v) is 22.4. The molecule has 0 bridgehead atoms. The van der Waals surface area contributed by atoms with E-state index < -0.39 is 6.10 Å². The van der Waals surface area contributed by atoms with Crippen molar-refractivity contribution in [3.05, 3.63) is 46.5 Å². The molecule has 2 aliphatic carbocycles. The summed E-state index contributed by atoms with van der Waals surface area (Å²) in [6.45, 7) is 11.1. The van der Waals surface area contributed by atoms with Crippen molar-refractivity contribution in [2.75, 3.05) is 38.5 Å². The topological polar surface area (TPSA) is 69.9 Å². The summed E-state index contributed by atoms with van der Waals surface area (Å²) in [4.78, 5) is 23.2. The lowest BCUT2D eigenvalue weighted by atomic mass is 9.53. The predicted octanol–water partition coefficient (Wildman–Crippen LogP) is 2.80. The number of aliphatic hydroxyl groups excluding tert-OH is 1. The van der Waals surface area contributed by atoms with Gasteiger partial charge in [-0.25, -0.2) is 4.98 Å². The van der Waals surface area contributed by atoms with E-state index in [1.54, 1.807) is 11.3 Å².